The minimum atomic E-state index is -3.98. The third kappa shape index (κ3) is 4.54. The molecule has 0 aliphatic carbocycles. The Bertz CT molecular complexity index is 1030. The Kier molecular flexibility index (Phi) is 6.57. The summed E-state index contributed by atoms with van der Waals surface area (Å²) in [5.74, 6) is -1.40. The molecule has 0 saturated carbocycles. The number of nitrogens with one attached hydrogen (secondary N) is 1. The van der Waals surface area contributed by atoms with E-state index in [0.29, 0.717) is 18.4 Å². The van der Waals surface area contributed by atoms with Crippen molar-refractivity contribution in [2.75, 3.05) is 13.2 Å². The van der Waals surface area contributed by atoms with Gasteiger partial charge in [0.2, 0.25) is 15.9 Å². The maximum absolute atomic E-state index is 13.1. The average molecular weight is 437 g/mol. The second kappa shape index (κ2) is 8.97. The Morgan fingerprint density at radius 2 is 1.97 bits per heavy atom. The first-order valence-corrected chi connectivity index (χ1v) is 11.1. The number of hydrogen-bond acceptors (Lipinski definition) is 5. The summed E-state index contributed by atoms with van der Waals surface area (Å²) in [5, 5.41) is 2.72. The van der Waals surface area contributed by atoms with Crippen LogP contribution < -0.4 is 5.32 Å². The Hall–Kier alpha value is -2.72. The number of amides is 1. The molecule has 0 spiro atoms. The fourth-order valence-corrected chi connectivity index (χ4v) is 5.15. The van der Waals surface area contributed by atoms with Crippen molar-refractivity contribution >= 4 is 21.9 Å². The van der Waals surface area contributed by atoms with Crippen LogP contribution in [0.5, 0.6) is 0 Å². The van der Waals surface area contributed by atoms with Crippen molar-refractivity contribution in [1.29, 1.82) is 0 Å². The van der Waals surface area contributed by atoms with Crippen molar-refractivity contribution in [3.05, 3.63) is 53.6 Å². The highest BCUT2D eigenvalue weighted by Crippen LogP contribution is 2.27. The minimum Gasteiger partial charge on any atom is -0.461 e. The van der Waals surface area contributed by atoms with Gasteiger partial charge in [-0.15, -0.1) is 0 Å². The summed E-state index contributed by atoms with van der Waals surface area (Å²) < 4.78 is 46.8. The zero-order valence-electron chi connectivity index (χ0n) is 16.8. The topological polar surface area (TPSA) is 97.7 Å². The number of halogens is 1. The number of ether oxygens (including phenoxy) is 1. The molecular weight excluding hydrogens is 413 g/mol. The van der Waals surface area contributed by atoms with Crippen LogP contribution in [0.1, 0.15) is 35.8 Å². The minimum absolute atomic E-state index is 0.0636. The van der Waals surface area contributed by atoms with Gasteiger partial charge in [0.15, 0.2) is 0 Å². The largest absolute Gasteiger partial charge is 0.461 e. The predicted molar refractivity (Wildman–Crippen MR) is 107 cm³/mol. The number of nitrogens with zero attached hydrogens (tertiary/aromatic N) is 2. The third-order valence-corrected chi connectivity index (χ3v) is 6.83. The Labute approximate surface area is 174 Å². The number of esters is 1. The van der Waals surface area contributed by atoms with Gasteiger partial charge >= 0.3 is 5.97 Å². The van der Waals surface area contributed by atoms with Gasteiger partial charge in [-0.05, 0) is 43.5 Å². The number of hydrogen-bond donors (Lipinski definition) is 1. The monoisotopic (exact) mass is 437 g/mol. The van der Waals surface area contributed by atoms with Crippen LogP contribution in [0.4, 0.5) is 4.39 Å². The fraction of sp³-hybridized carbons (Fsp3) is 0.400. The van der Waals surface area contributed by atoms with Gasteiger partial charge in [0, 0.05) is 26.3 Å². The smallest absolute Gasteiger partial charge is 0.354 e. The molecule has 2 heterocycles. The lowest BCUT2D eigenvalue weighted by molar-refractivity contribution is -0.124. The Morgan fingerprint density at radius 3 is 2.63 bits per heavy atom. The number of carbonyl (C=O) groups is 2. The molecule has 1 saturated heterocycles. The van der Waals surface area contributed by atoms with Crippen molar-refractivity contribution in [3.63, 3.8) is 0 Å². The molecule has 2 aromatic rings. The zero-order chi connectivity index (χ0) is 21.9. The van der Waals surface area contributed by atoms with Crippen LogP contribution in [-0.2, 0) is 33.1 Å². The maximum atomic E-state index is 13.1. The van der Waals surface area contributed by atoms with E-state index < -0.39 is 27.9 Å². The zero-order valence-corrected chi connectivity index (χ0v) is 17.6. The number of benzene rings is 1. The molecule has 162 valence electrons. The average Bonchev–Trinajstić information content (AvgIpc) is 3.35. The molecule has 1 N–H and O–H groups in total. The van der Waals surface area contributed by atoms with Crippen LogP contribution in [0.2, 0.25) is 0 Å². The summed E-state index contributed by atoms with van der Waals surface area (Å²) in [7, 11) is -2.42. The van der Waals surface area contributed by atoms with Gasteiger partial charge in [-0.25, -0.2) is 17.6 Å². The molecule has 10 heteroatoms. The van der Waals surface area contributed by atoms with Gasteiger partial charge in [-0.1, -0.05) is 12.1 Å². The molecule has 30 heavy (non-hydrogen) atoms. The molecule has 3 rings (SSSR count). The number of sulfonamides is 1. The molecular formula is C20H24FN3O5S. The molecule has 0 bridgehead atoms. The lowest BCUT2D eigenvalue weighted by atomic mass is 10.2. The van der Waals surface area contributed by atoms with E-state index in [0.717, 1.165) is 4.31 Å². The van der Waals surface area contributed by atoms with E-state index in [-0.39, 0.29) is 36.1 Å². The lowest BCUT2D eigenvalue weighted by Gasteiger charge is -2.23. The van der Waals surface area contributed by atoms with Gasteiger partial charge in [0.1, 0.15) is 22.4 Å². The van der Waals surface area contributed by atoms with Crippen LogP contribution in [0.3, 0.4) is 0 Å². The number of carbonyl (C=O) groups excluding carboxylic acids is 2. The summed E-state index contributed by atoms with van der Waals surface area (Å²) in [5.41, 5.74) is 0.825. The van der Waals surface area contributed by atoms with E-state index in [9.17, 15) is 22.4 Å². The molecule has 1 aromatic carbocycles. The Morgan fingerprint density at radius 1 is 1.27 bits per heavy atom. The fourth-order valence-electron chi connectivity index (χ4n) is 3.42. The second-order valence-electron chi connectivity index (χ2n) is 7.01. The number of rotatable bonds is 7. The summed E-state index contributed by atoms with van der Waals surface area (Å²) in [6, 6.07) is 6.12. The van der Waals surface area contributed by atoms with E-state index in [1.807, 2.05) is 0 Å². The molecule has 0 radical (unpaired) electrons. The van der Waals surface area contributed by atoms with E-state index in [1.54, 1.807) is 26.1 Å². The van der Waals surface area contributed by atoms with Crippen molar-refractivity contribution in [2.45, 2.75) is 37.2 Å². The highest BCUT2D eigenvalue weighted by Gasteiger charge is 2.40. The molecule has 1 atom stereocenters. The van der Waals surface area contributed by atoms with Crippen molar-refractivity contribution < 1.29 is 27.1 Å². The summed E-state index contributed by atoms with van der Waals surface area (Å²) in [6.07, 6.45) is 2.28. The predicted octanol–water partition coefficient (Wildman–Crippen LogP) is 1.81. The Balaban J connectivity index is 1.75. The van der Waals surface area contributed by atoms with E-state index in [2.05, 4.69) is 5.32 Å². The molecule has 1 aromatic heterocycles. The van der Waals surface area contributed by atoms with Crippen LogP contribution >= 0.6 is 0 Å². The first-order chi connectivity index (χ1) is 14.2. The highest BCUT2D eigenvalue weighted by atomic mass is 32.2. The van der Waals surface area contributed by atoms with Crippen LogP contribution in [0, 0.1) is 5.82 Å². The molecule has 8 nitrogen and oxygen atoms in total. The quantitative estimate of drug-likeness (QED) is 0.667. The maximum Gasteiger partial charge on any atom is 0.354 e. The number of aryl methyl sites for hydroxylation is 1. The van der Waals surface area contributed by atoms with Gasteiger partial charge in [0.05, 0.1) is 6.61 Å². The molecule has 1 aliphatic rings. The van der Waals surface area contributed by atoms with E-state index in [4.69, 9.17) is 4.74 Å². The van der Waals surface area contributed by atoms with Crippen LogP contribution in [0.15, 0.2) is 41.4 Å². The first-order valence-electron chi connectivity index (χ1n) is 9.61. The summed E-state index contributed by atoms with van der Waals surface area (Å²) in [4.78, 5) is 24.6. The summed E-state index contributed by atoms with van der Waals surface area (Å²) >= 11 is 0. The van der Waals surface area contributed by atoms with E-state index >= 15 is 0 Å². The van der Waals surface area contributed by atoms with Crippen molar-refractivity contribution in [1.82, 2.24) is 14.2 Å². The molecule has 1 amide bonds. The lowest BCUT2D eigenvalue weighted by Crippen LogP contribution is -2.45. The first kappa shape index (κ1) is 22.0. The van der Waals surface area contributed by atoms with Gasteiger partial charge < -0.3 is 14.6 Å². The van der Waals surface area contributed by atoms with Crippen molar-refractivity contribution in [3.8, 4) is 0 Å². The standard InChI is InChI=1S/C20H24FN3O5S/c1-3-29-20(26)18-11-16(13-23(18)2)30(27,28)24-10-4-5-17(24)19(25)22-12-14-6-8-15(21)9-7-14/h6-9,11,13,17H,3-5,10,12H2,1-2H3,(H,22,25). The van der Waals surface area contributed by atoms with Crippen LogP contribution in [-0.4, -0.2) is 48.4 Å². The third-order valence-electron chi connectivity index (χ3n) is 4.96. The van der Waals surface area contributed by atoms with Crippen LogP contribution in [0.25, 0.3) is 0 Å². The van der Waals surface area contributed by atoms with Crippen molar-refractivity contribution in [2.24, 2.45) is 7.05 Å². The second-order valence-corrected chi connectivity index (χ2v) is 8.90. The molecule has 1 unspecified atom stereocenters. The highest BCUT2D eigenvalue weighted by molar-refractivity contribution is 7.89. The van der Waals surface area contributed by atoms with Gasteiger partial charge in [0.25, 0.3) is 0 Å². The van der Waals surface area contributed by atoms with E-state index in [1.165, 1.54) is 29.0 Å². The SMILES string of the molecule is CCOC(=O)c1cc(S(=O)(=O)N2CCCC2C(=O)NCc2ccc(F)cc2)cn1C. The summed E-state index contributed by atoms with van der Waals surface area (Å²) in [6.45, 7) is 2.22. The van der Waals surface area contributed by atoms with Gasteiger partial charge in [-0.2, -0.15) is 4.31 Å². The molecule has 1 aliphatic heterocycles. The molecule has 1 fully saturated rings. The van der Waals surface area contributed by atoms with Gasteiger partial charge in [-0.3, -0.25) is 4.79 Å². The number of aromatic nitrogens is 1. The normalized spacial score (nSPS) is 17.1.